The summed E-state index contributed by atoms with van der Waals surface area (Å²) >= 11 is 0. The summed E-state index contributed by atoms with van der Waals surface area (Å²) in [5.41, 5.74) is 9.11. The van der Waals surface area contributed by atoms with Gasteiger partial charge in [-0.25, -0.2) is 9.59 Å². The van der Waals surface area contributed by atoms with Crippen LogP contribution in [0, 0.1) is 0 Å². The number of hydrazone groups is 1. The predicted octanol–water partition coefficient (Wildman–Crippen LogP) is 5.51. The summed E-state index contributed by atoms with van der Waals surface area (Å²) in [6, 6.07) is 12.1. The number of carboxylic acids is 1. The molecule has 0 aliphatic carbocycles. The van der Waals surface area contributed by atoms with Crippen molar-refractivity contribution < 1.29 is 19.4 Å². The first kappa shape index (κ1) is 27.4. The van der Waals surface area contributed by atoms with E-state index in [0.29, 0.717) is 22.6 Å². The van der Waals surface area contributed by atoms with E-state index in [1.807, 2.05) is 24.3 Å². The van der Waals surface area contributed by atoms with Gasteiger partial charge in [-0.3, -0.25) is 0 Å². The van der Waals surface area contributed by atoms with Gasteiger partial charge in [0.25, 0.3) is 0 Å². The Hall–Kier alpha value is -3.81. The van der Waals surface area contributed by atoms with Crippen molar-refractivity contribution in [1.82, 2.24) is 0 Å². The number of nitrogens with zero attached hydrogens (tertiary/aromatic N) is 3. The quantitative estimate of drug-likeness (QED) is 0.223. The Morgan fingerprint density at radius 2 is 1.66 bits per heavy atom. The van der Waals surface area contributed by atoms with Crippen LogP contribution in [0.2, 0.25) is 0 Å². The molecule has 0 aliphatic heterocycles. The van der Waals surface area contributed by atoms with Gasteiger partial charge in [-0.2, -0.15) is 10.1 Å². The van der Waals surface area contributed by atoms with Gasteiger partial charge in [-0.1, -0.05) is 32.8 Å². The van der Waals surface area contributed by atoms with Crippen LogP contribution in [-0.4, -0.2) is 43.5 Å². The molecule has 0 fully saturated rings. The Bertz CT molecular complexity index is 1040. The van der Waals surface area contributed by atoms with Crippen LogP contribution in [0.1, 0.15) is 57.6 Å². The molecule has 2 aromatic carbocycles. The van der Waals surface area contributed by atoms with Crippen LogP contribution in [0.5, 0.6) is 5.75 Å². The van der Waals surface area contributed by atoms with Crippen molar-refractivity contribution in [1.29, 1.82) is 0 Å². The van der Waals surface area contributed by atoms with E-state index < -0.39 is 12.0 Å². The van der Waals surface area contributed by atoms with E-state index in [4.69, 9.17) is 10.5 Å². The normalized spacial score (nSPS) is 11.5. The maximum absolute atomic E-state index is 12.6. The number of allylic oxidation sites excluding steroid dienone is 1. The van der Waals surface area contributed by atoms with E-state index in [1.54, 1.807) is 38.4 Å². The second-order valence-corrected chi connectivity index (χ2v) is 8.23. The summed E-state index contributed by atoms with van der Waals surface area (Å²) < 4.78 is 5.19. The average molecular weight is 481 g/mol. The second kappa shape index (κ2) is 13.8. The van der Waals surface area contributed by atoms with Crippen molar-refractivity contribution in [2.24, 2.45) is 10.8 Å². The van der Waals surface area contributed by atoms with E-state index in [1.165, 1.54) is 5.01 Å². The molecule has 0 saturated carbocycles. The topological polar surface area (TPSA) is 108 Å². The molecule has 8 nitrogen and oxygen atoms in total. The number of benzene rings is 2. The van der Waals surface area contributed by atoms with Crippen LogP contribution in [0.15, 0.2) is 53.6 Å². The number of hydrogen-bond donors (Lipinski definition) is 2. The molecule has 0 heterocycles. The summed E-state index contributed by atoms with van der Waals surface area (Å²) in [4.78, 5) is 26.0. The third-order valence-corrected chi connectivity index (χ3v) is 5.55. The number of carboxylic acid groups (broad SMARTS) is 1. The van der Waals surface area contributed by atoms with E-state index in [-0.39, 0.29) is 0 Å². The molecule has 3 N–H and O–H groups in total. The van der Waals surface area contributed by atoms with Crippen LogP contribution >= 0.6 is 0 Å². The fourth-order valence-corrected chi connectivity index (χ4v) is 3.58. The molecule has 0 saturated heterocycles. The van der Waals surface area contributed by atoms with Crippen LogP contribution < -0.4 is 20.4 Å². The fraction of sp³-hybridized carbons (Fsp3) is 0.370. The number of aliphatic carboxylic acids is 1. The number of anilines is 2. The van der Waals surface area contributed by atoms with Crippen molar-refractivity contribution in [3.8, 4) is 5.75 Å². The molecule has 8 heteroatoms. The van der Waals surface area contributed by atoms with Gasteiger partial charge >= 0.3 is 12.0 Å². The van der Waals surface area contributed by atoms with Crippen molar-refractivity contribution in [3.05, 3.63) is 59.7 Å². The molecule has 2 amide bonds. The largest absolute Gasteiger partial charge is 0.497 e. The Labute approximate surface area is 207 Å². The summed E-state index contributed by atoms with van der Waals surface area (Å²) in [5, 5.41) is 14.8. The molecule has 0 radical (unpaired) electrons. The van der Waals surface area contributed by atoms with Gasteiger partial charge < -0.3 is 20.5 Å². The fourth-order valence-electron chi connectivity index (χ4n) is 3.58. The molecule has 2 aromatic rings. The zero-order valence-electron chi connectivity index (χ0n) is 21.0. The molecular weight excluding hydrogens is 444 g/mol. The van der Waals surface area contributed by atoms with E-state index in [0.717, 1.165) is 56.1 Å². The van der Waals surface area contributed by atoms with Crippen molar-refractivity contribution >= 4 is 35.2 Å². The Kier molecular flexibility index (Phi) is 10.8. The molecule has 0 aromatic heterocycles. The highest BCUT2D eigenvalue weighted by atomic mass is 16.5. The lowest BCUT2D eigenvalue weighted by molar-refractivity contribution is -0.131. The lowest BCUT2D eigenvalue weighted by Gasteiger charge is -2.29. The number of urea groups is 1. The highest BCUT2D eigenvalue weighted by molar-refractivity contribution is 5.98. The molecule has 0 spiro atoms. The minimum Gasteiger partial charge on any atom is -0.497 e. The molecular formula is C27H36N4O4. The third-order valence-electron chi connectivity index (χ3n) is 5.55. The summed E-state index contributed by atoms with van der Waals surface area (Å²) in [6.45, 7) is 7.63. The number of hydrogen-bond acceptors (Lipinski definition) is 5. The second-order valence-electron chi connectivity index (χ2n) is 8.23. The number of primary amides is 1. The van der Waals surface area contributed by atoms with Crippen molar-refractivity contribution in [3.63, 3.8) is 0 Å². The monoisotopic (exact) mass is 480 g/mol. The number of rotatable bonds is 13. The minimum absolute atomic E-state index is 0.505. The van der Waals surface area contributed by atoms with E-state index >= 15 is 0 Å². The van der Waals surface area contributed by atoms with Crippen LogP contribution in [0.25, 0.3) is 5.57 Å². The number of methoxy groups -OCH3 is 1. The van der Waals surface area contributed by atoms with Crippen LogP contribution in [-0.2, 0) is 4.79 Å². The highest BCUT2D eigenvalue weighted by Crippen LogP contribution is 2.34. The maximum atomic E-state index is 12.6. The van der Waals surface area contributed by atoms with E-state index in [2.05, 4.69) is 23.8 Å². The lowest BCUT2D eigenvalue weighted by atomic mass is 10.0. The Morgan fingerprint density at radius 3 is 2.17 bits per heavy atom. The first-order valence-corrected chi connectivity index (χ1v) is 11.9. The molecule has 0 atom stereocenters. The Balaban J connectivity index is 2.60. The van der Waals surface area contributed by atoms with Crippen LogP contribution in [0.4, 0.5) is 16.2 Å². The number of amides is 2. The summed E-state index contributed by atoms with van der Waals surface area (Å²) in [7, 11) is 1.59. The molecule has 2 rings (SSSR count). The van der Waals surface area contributed by atoms with Gasteiger partial charge in [0.1, 0.15) is 5.75 Å². The molecule has 35 heavy (non-hydrogen) atoms. The smallest absolute Gasteiger partial charge is 0.340 e. The molecule has 0 aliphatic rings. The standard InChI is InChI=1S/C27H36N4O4/c1-5-7-15-30(16-8-6-2)24-14-11-22(20(3)17-26(32)33)18-25(24)31(27(28)34)29-19-21-9-12-23(35-4)13-10-21/h9-14,17-19H,5-8,15-16H2,1-4H3,(H2,28,34)(H,32,33)/b20-17+,29-19+. The lowest BCUT2D eigenvalue weighted by Crippen LogP contribution is -2.34. The molecule has 188 valence electrons. The maximum Gasteiger partial charge on any atom is 0.340 e. The summed E-state index contributed by atoms with van der Waals surface area (Å²) in [5.74, 6) is -0.322. The number of unbranched alkanes of at least 4 members (excludes halogenated alkanes) is 2. The van der Waals surface area contributed by atoms with Crippen molar-refractivity contribution in [2.45, 2.75) is 46.5 Å². The van der Waals surface area contributed by atoms with Gasteiger partial charge in [0, 0.05) is 19.2 Å². The average Bonchev–Trinajstić information content (AvgIpc) is 2.84. The van der Waals surface area contributed by atoms with Gasteiger partial charge in [0.05, 0.1) is 24.7 Å². The van der Waals surface area contributed by atoms with Gasteiger partial charge in [0.15, 0.2) is 0 Å². The van der Waals surface area contributed by atoms with E-state index in [9.17, 15) is 14.7 Å². The number of ether oxygens (including phenoxy) is 1. The third kappa shape index (κ3) is 8.17. The zero-order chi connectivity index (χ0) is 25.8. The SMILES string of the molecule is CCCCN(CCCC)c1ccc(/C(C)=C/C(=O)O)cc1N(/N=C/c1ccc(OC)cc1)C(N)=O. The number of carbonyl (C=O) groups excluding carboxylic acids is 1. The van der Waals surface area contributed by atoms with Crippen molar-refractivity contribution in [2.75, 3.05) is 30.1 Å². The molecule has 0 unspecified atom stereocenters. The first-order chi connectivity index (χ1) is 16.8. The predicted molar refractivity (Wildman–Crippen MR) is 142 cm³/mol. The van der Waals surface area contributed by atoms with Gasteiger partial charge in [0.2, 0.25) is 0 Å². The van der Waals surface area contributed by atoms with Crippen LogP contribution in [0.3, 0.4) is 0 Å². The van der Waals surface area contributed by atoms with Gasteiger partial charge in [-0.15, -0.1) is 0 Å². The first-order valence-electron chi connectivity index (χ1n) is 11.9. The molecule has 0 bridgehead atoms. The number of carbonyl (C=O) groups is 2. The number of nitrogens with two attached hydrogens (primary N) is 1. The Morgan fingerprint density at radius 1 is 1.03 bits per heavy atom. The summed E-state index contributed by atoms with van der Waals surface area (Å²) in [6.07, 6.45) is 6.75. The highest BCUT2D eigenvalue weighted by Gasteiger charge is 2.20. The van der Waals surface area contributed by atoms with Gasteiger partial charge in [-0.05, 0) is 72.9 Å². The zero-order valence-corrected chi connectivity index (χ0v) is 21.0. The minimum atomic E-state index is -1.04.